The molecule has 2 rings (SSSR count). The van der Waals surface area contributed by atoms with E-state index < -0.39 is 6.04 Å². The summed E-state index contributed by atoms with van der Waals surface area (Å²) >= 11 is 11.9. The number of likely N-dealkylation sites (tertiary alicyclic amines) is 1. The normalized spacial score (nSPS) is 16.8. The first kappa shape index (κ1) is 18.5. The third-order valence-corrected chi connectivity index (χ3v) is 4.16. The number of carbonyl (C=O) groups excluding carboxylic acids is 3. The van der Waals surface area contributed by atoms with Crippen LogP contribution in [0.5, 0.6) is 0 Å². The van der Waals surface area contributed by atoms with E-state index in [1.165, 1.54) is 17.0 Å². The lowest BCUT2D eigenvalue weighted by molar-refractivity contribution is -0.128. The SMILES string of the molecule is CCNC(=O)CNC(=O)C1CCCN1C(=O)c1cc(Cl)cc(Cl)c1. The predicted molar refractivity (Wildman–Crippen MR) is 92.2 cm³/mol. The average Bonchev–Trinajstić information content (AvgIpc) is 3.00. The summed E-state index contributed by atoms with van der Waals surface area (Å²) in [6, 6.07) is 4.00. The number of rotatable bonds is 5. The Labute approximate surface area is 150 Å². The summed E-state index contributed by atoms with van der Waals surface area (Å²) in [5.41, 5.74) is 0.343. The minimum Gasteiger partial charge on any atom is -0.355 e. The maximum Gasteiger partial charge on any atom is 0.254 e. The molecular formula is C16H19Cl2N3O3. The fourth-order valence-corrected chi connectivity index (χ4v) is 3.20. The van der Waals surface area contributed by atoms with Gasteiger partial charge >= 0.3 is 0 Å². The van der Waals surface area contributed by atoms with Gasteiger partial charge in [-0.3, -0.25) is 14.4 Å². The molecule has 0 radical (unpaired) electrons. The van der Waals surface area contributed by atoms with Crippen molar-refractivity contribution in [1.29, 1.82) is 0 Å². The molecule has 2 N–H and O–H groups in total. The number of nitrogens with zero attached hydrogens (tertiary/aromatic N) is 1. The molecule has 0 aromatic heterocycles. The van der Waals surface area contributed by atoms with E-state index in [4.69, 9.17) is 23.2 Å². The Hall–Kier alpha value is -1.79. The number of hydrogen-bond acceptors (Lipinski definition) is 3. The Bertz CT molecular complexity index is 631. The standard InChI is InChI=1S/C16H19Cl2N3O3/c1-2-19-14(22)9-20-15(23)13-4-3-5-21(13)16(24)10-6-11(17)8-12(18)7-10/h6-8,13H,2-5,9H2,1H3,(H,19,22)(H,20,23). The molecule has 8 heteroatoms. The first-order valence-corrected chi connectivity index (χ1v) is 8.49. The van der Waals surface area contributed by atoms with Gasteiger partial charge in [-0.25, -0.2) is 0 Å². The van der Waals surface area contributed by atoms with Crippen LogP contribution in [-0.4, -0.2) is 48.3 Å². The molecule has 0 bridgehead atoms. The number of carbonyl (C=O) groups is 3. The zero-order chi connectivity index (χ0) is 17.7. The molecule has 1 fully saturated rings. The lowest BCUT2D eigenvalue weighted by Gasteiger charge is -2.24. The van der Waals surface area contributed by atoms with Gasteiger partial charge in [-0.1, -0.05) is 23.2 Å². The molecule has 1 saturated heterocycles. The Morgan fingerprint density at radius 3 is 2.46 bits per heavy atom. The Morgan fingerprint density at radius 1 is 1.17 bits per heavy atom. The third kappa shape index (κ3) is 4.61. The van der Waals surface area contributed by atoms with Gasteiger partial charge in [0.15, 0.2) is 0 Å². The topological polar surface area (TPSA) is 78.5 Å². The summed E-state index contributed by atoms with van der Waals surface area (Å²) in [7, 11) is 0. The highest BCUT2D eigenvalue weighted by Gasteiger charge is 2.34. The van der Waals surface area contributed by atoms with Gasteiger partial charge in [-0.2, -0.15) is 0 Å². The van der Waals surface area contributed by atoms with Crippen molar-refractivity contribution in [1.82, 2.24) is 15.5 Å². The summed E-state index contributed by atoms with van der Waals surface area (Å²) in [4.78, 5) is 37.9. The van der Waals surface area contributed by atoms with Gasteiger partial charge < -0.3 is 15.5 Å². The second-order valence-electron chi connectivity index (χ2n) is 5.49. The van der Waals surface area contributed by atoms with Crippen LogP contribution in [0.3, 0.4) is 0 Å². The Morgan fingerprint density at radius 2 is 1.83 bits per heavy atom. The maximum absolute atomic E-state index is 12.7. The lowest BCUT2D eigenvalue weighted by Crippen LogP contribution is -2.48. The number of likely N-dealkylation sites (N-methyl/N-ethyl adjacent to an activating group) is 1. The minimum absolute atomic E-state index is 0.103. The van der Waals surface area contributed by atoms with Gasteiger partial charge in [0.25, 0.3) is 5.91 Å². The van der Waals surface area contributed by atoms with E-state index in [2.05, 4.69) is 10.6 Å². The molecule has 0 spiro atoms. The number of amides is 3. The second-order valence-corrected chi connectivity index (χ2v) is 6.36. The highest BCUT2D eigenvalue weighted by molar-refractivity contribution is 6.35. The smallest absolute Gasteiger partial charge is 0.254 e. The molecule has 130 valence electrons. The quantitative estimate of drug-likeness (QED) is 0.828. The van der Waals surface area contributed by atoms with Crippen LogP contribution in [0.2, 0.25) is 10.0 Å². The fraction of sp³-hybridized carbons (Fsp3) is 0.438. The third-order valence-electron chi connectivity index (χ3n) is 3.72. The second kappa shape index (κ2) is 8.35. The van der Waals surface area contributed by atoms with Crippen LogP contribution in [-0.2, 0) is 9.59 Å². The molecule has 1 unspecified atom stereocenters. The Balaban J connectivity index is 2.05. The van der Waals surface area contributed by atoms with Crippen LogP contribution in [0.1, 0.15) is 30.1 Å². The molecule has 1 aromatic rings. The van der Waals surface area contributed by atoms with Gasteiger partial charge in [0.05, 0.1) is 6.54 Å². The van der Waals surface area contributed by atoms with E-state index in [0.717, 1.165) is 6.42 Å². The molecule has 0 aliphatic carbocycles. The fourth-order valence-electron chi connectivity index (χ4n) is 2.67. The minimum atomic E-state index is -0.593. The monoisotopic (exact) mass is 371 g/mol. The molecule has 0 saturated carbocycles. The highest BCUT2D eigenvalue weighted by atomic mass is 35.5. The Kier molecular flexibility index (Phi) is 6.45. The molecule has 6 nitrogen and oxygen atoms in total. The summed E-state index contributed by atoms with van der Waals surface area (Å²) in [6.07, 6.45) is 1.28. The first-order valence-electron chi connectivity index (χ1n) is 7.74. The maximum atomic E-state index is 12.7. The summed E-state index contributed by atoms with van der Waals surface area (Å²) in [5, 5.41) is 5.90. The van der Waals surface area contributed by atoms with Gasteiger partial charge in [0.1, 0.15) is 6.04 Å². The largest absolute Gasteiger partial charge is 0.355 e. The van der Waals surface area contributed by atoms with Crippen molar-refractivity contribution < 1.29 is 14.4 Å². The molecule has 1 aliphatic rings. The van der Waals surface area contributed by atoms with Gasteiger partial charge in [0, 0.05) is 28.7 Å². The first-order chi connectivity index (χ1) is 11.4. The van der Waals surface area contributed by atoms with Gasteiger partial charge in [-0.05, 0) is 38.0 Å². The van der Waals surface area contributed by atoms with Crippen molar-refractivity contribution in [2.75, 3.05) is 19.6 Å². The van der Waals surface area contributed by atoms with Crippen molar-refractivity contribution in [2.45, 2.75) is 25.8 Å². The molecular weight excluding hydrogens is 353 g/mol. The highest BCUT2D eigenvalue weighted by Crippen LogP contribution is 2.24. The van der Waals surface area contributed by atoms with E-state index in [0.29, 0.717) is 35.1 Å². The lowest BCUT2D eigenvalue weighted by atomic mass is 10.1. The predicted octanol–water partition coefficient (Wildman–Crippen LogP) is 1.85. The summed E-state index contributed by atoms with van der Waals surface area (Å²) < 4.78 is 0. The number of nitrogens with one attached hydrogen (secondary N) is 2. The van der Waals surface area contributed by atoms with Crippen LogP contribution in [0, 0.1) is 0 Å². The number of halogens is 2. The van der Waals surface area contributed by atoms with E-state index in [1.54, 1.807) is 13.0 Å². The molecule has 1 aromatic carbocycles. The zero-order valence-electron chi connectivity index (χ0n) is 13.3. The van der Waals surface area contributed by atoms with Crippen molar-refractivity contribution in [3.8, 4) is 0 Å². The number of benzene rings is 1. The molecule has 1 heterocycles. The van der Waals surface area contributed by atoms with Crippen molar-refractivity contribution in [3.05, 3.63) is 33.8 Å². The molecule has 3 amide bonds. The molecule has 24 heavy (non-hydrogen) atoms. The van der Waals surface area contributed by atoms with Crippen LogP contribution >= 0.6 is 23.2 Å². The van der Waals surface area contributed by atoms with Gasteiger partial charge in [-0.15, -0.1) is 0 Å². The zero-order valence-corrected chi connectivity index (χ0v) is 14.8. The average molecular weight is 372 g/mol. The van der Waals surface area contributed by atoms with Gasteiger partial charge in [0.2, 0.25) is 11.8 Å². The van der Waals surface area contributed by atoms with Crippen LogP contribution < -0.4 is 10.6 Å². The van der Waals surface area contributed by atoms with E-state index >= 15 is 0 Å². The molecule has 1 aliphatic heterocycles. The van der Waals surface area contributed by atoms with Crippen LogP contribution in [0.25, 0.3) is 0 Å². The van der Waals surface area contributed by atoms with Crippen molar-refractivity contribution >= 4 is 40.9 Å². The number of hydrogen-bond donors (Lipinski definition) is 2. The van der Waals surface area contributed by atoms with E-state index in [1.807, 2.05) is 0 Å². The summed E-state index contributed by atoms with van der Waals surface area (Å²) in [5.74, 6) is -0.890. The van der Waals surface area contributed by atoms with Crippen LogP contribution in [0.4, 0.5) is 0 Å². The summed E-state index contributed by atoms with van der Waals surface area (Å²) in [6.45, 7) is 2.67. The molecule has 1 atom stereocenters. The van der Waals surface area contributed by atoms with E-state index in [9.17, 15) is 14.4 Å². The van der Waals surface area contributed by atoms with Crippen LogP contribution in [0.15, 0.2) is 18.2 Å². The van der Waals surface area contributed by atoms with E-state index in [-0.39, 0.29) is 24.3 Å². The van der Waals surface area contributed by atoms with Crippen molar-refractivity contribution in [3.63, 3.8) is 0 Å². The van der Waals surface area contributed by atoms with Crippen molar-refractivity contribution in [2.24, 2.45) is 0 Å².